The summed E-state index contributed by atoms with van der Waals surface area (Å²) in [4.78, 5) is 2.41. The first-order chi connectivity index (χ1) is 7.70. The summed E-state index contributed by atoms with van der Waals surface area (Å²) in [5.41, 5.74) is 1.02. The predicted molar refractivity (Wildman–Crippen MR) is 62.2 cm³/mol. The molecule has 0 aromatic heterocycles. The van der Waals surface area contributed by atoms with Crippen LogP contribution in [0.2, 0.25) is 0 Å². The molecule has 1 aromatic carbocycles. The van der Waals surface area contributed by atoms with Gasteiger partial charge in [-0.25, -0.2) is 4.39 Å². The molecule has 1 fully saturated rings. The van der Waals surface area contributed by atoms with Crippen LogP contribution < -0.4 is 0 Å². The van der Waals surface area contributed by atoms with Crippen molar-refractivity contribution in [2.75, 3.05) is 19.6 Å². The summed E-state index contributed by atoms with van der Waals surface area (Å²) < 4.78 is 13.2. The van der Waals surface area contributed by atoms with Gasteiger partial charge in [-0.15, -0.1) is 0 Å². The third kappa shape index (κ3) is 2.35. The van der Waals surface area contributed by atoms with Crippen molar-refractivity contribution in [2.45, 2.75) is 25.7 Å². The van der Waals surface area contributed by atoms with E-state index in [0.29, 0.717) is 5.92 Å². The van der Waals surface area contributed by atoms with Gasteiger partial charge in [0.15, 0.2) is 11.6 Å². The summed E-state index contributed by atoms with van der Waals surface area (Å²) in [6.07, 6.45) is 2.16. The van der Waals surface area contributed by atoms with Crippen molar-refractivity contribution in [1.29, 1.82) is 0 Å². The molecule has 1 aliphatic rings. The van der Waals surface area contributed by atoms with Crippen LogP contribution in [-0.4, -0.2) is 29.6 Å². The third-order valence-corrected chi connectivity index (χ3v) is 3.48. The fourth-order valence-electron chi connectivity index (χ4n) is 2.36. The van der Waals surface area contributed by atoms with Crippen LogP contribution in [0, 0.1) is 5.82 Å². The van der Waals surface area contributed by atoms with Gasteiger partial charge in [0, 0.05) is 0 Å². The predicted octanol–water partition coefficient (Wildman–Crippen LogP) is 2.73. The van der Waals surface area contributed by atoms with Crippen LogP contribution in [0.5, 0.6) is 5.75 Å². The second-order valence-electron chi connectivity index (χ2n) is 4.42. The van der Waals surface area contributed by atoms with Gasteiger partial charge in [0.1, 0.15) is 0 Å². The summed E-state index contributed by atoms with van der Waals surface area (Å²) in [6.45, 7) is 5.44. The van der Waals surface area contributed by atoms with Gasteiger partial charge < -0.3 is 10.0 Å². The third-order valence-electron chi connectivity index (χ3n) is 3.48. The molecule has 0 amide bonds. The van der Waals surface area contributed by atoms with Crippen LogP contribution in [0.1, 0.15) is 31.2 Å². The molecule has 3 heteroatoms. The van der Waals surface area contributed by atoms with E-state index < -0.39 is 5.82 Å². The Bertz CT molecular complexity index is 359. The zero-order valence-electron chi connectivity index (χ0n) is 9.62. The lowest BCUT2D eigenvalue weighted by atomic mass is 9.89. The number of halogens is 1. The Labute approximate surface area is 95.7 Å². The second-order valence-corrected chi connectivity index (χ2v) is 4.42. The van der Waals surface area contributed by atoms with Crippen molar-refractivity contribution < 1.29 is 9.50 Å². The molecule has 0 bridgehead atoms. The molecule has 16 heavy (non-hydrogen) atoms. The Kier molecular flexibility index (Phi) is 3.44. The molecule has 0 radical (unpaired) electrons. The van der Waals surface area contributed by atoms with E-state index in [4.69, 9.17) is 5.11 Å². The molecule has 1 N–H and O–H groups in total. The van der Waals surface area contributed by atoms with E-state index in [1.54, 1.807) is 0 Å². The number of benzene rings is 1. The maximum atomic E-state index is 13.2. The Morgan fingerprint density at radius 3 is 2.62 bits per heavy atom. The van der Waals surface area contributed by atoms with Crippen LogP contribution in [0.3, 0.4) is 0 Å². The minimum atomic E-state index is -0.504. The highest BCUT2D eigenvalue weighted by molar-refractivity contribution is 5.30. The quantitative estimate of drug-likeness (QED) is 0.833. The minimum absolute atomic E-state index is 0.255. The molecule has 1 saturated heterocycles. The molecule has 2 nitrogen and oxygen atoms in total. The molecular weight excluding hydrogens is 205 g/mol. The normalized spacial score (nSPS) is 18.9. The Balaban J connectivity index is 2.05. The van der Waals surface area contributed by atoms with Gasteiger partial charge >= 0.3 is 0 Å². The Morgan fingerprint density at radius 1 is 1.38 bits per heavy atom. The van der Waals surface area contributed by atoms with E-state index in [0.717, 1.165) is 38.0 Å². The standard InChI is InChI=1S/C13H18FNO/c1-2-15-7-5-10(6-8-15)11-3-4-13(16)12(14)9-11/h3-4,9-10,16H,2,5-8H2,1H3. The van der Waals surface area contributed by atoms with Crippen molar-refractivity contribution in [3.05, 3.63) is 29.6 Å². The number of hydrogen-bond donors (Lipinski definition) is 1. The average molecular weight is 223 g/mol. The molecule has 1 heterocycles. The number of likely N-dealkylation sites (tertiary alicyclic amines) is 1. The van der Waals surface area contributed by atoms with E-state index >= 15 is 0 Å². The van der Waals surface area contributed by atoms with Crippen molar-refractivity contribution in [2.24, 2.45) is 0 Å². The highest BCUT2D eigenvalue weighted by atomic mass is 19.1. The number of phenols is 1. The van der Waals surface area contributed by atoms with E-state index in [1.807, 2.05) is 6.07 Å². The molecule has 0 unspecified atom stereocenters. The molecule has 1 aliphatic heterocycles. The lowest BCUT2D eigenvalue weighted by molar-refractivity contribution is 0.222. The zero-order chi connectivity index (χ0) is 11.5. The number of hydrogen-bond acceptors (Lipinski definition) is 2. The summed E-state index contributed by atoms with van der Waals surface area (Å²) in [7, 11) is 0. The van der Waals surface area contributed by atoms with Crippen LogP contribution in [0.25, 0.3) is 0 Å². The van der Waals surface area contributed by atoms with Crippen LogP contribution in [0.15, 0.2) is 18.2 Å². The number of rotatable bonds is 2. The van der Waals surface area contributed by atoms with Crippen molar-refractivity contribution in [3.63, 3.8) is 0 Å². The minimum Gasteiger partial charge on any atom is -0.505 e. The number of nitrogens with zero attached hydrogens (tertiary/aromatic N) is 1. The van der Waals surface area contributed by atoms with Crippen LogP contribution in [0.4, 0.5) is 4.39 Å². The van der Waals surface area contributed by atoms with Gasteiger partial charge in [0.05, 0.1) is 0 Å². The topological polar surface area (TPSA) is 23.5 Å². The highest BCUT2D eigenvalue weighted by Crippen LogP contribution is 2.30. The van der Waals surface area contributed by atoms with Gasteiger partial charge in [0.25, 0.3) is 0 Å². The van der Waals surface area contributed by atoms with Crippen molar-refractivity contribution in [1.82, 2.24) is 4.90 Å². The SMILES string of the molecule is CCN1CCC(c2ccc(O)c(F)c2)CC1. The zero-order valence-corrected chi connectivity index (χ0v) is 9.62. The molecule has 88 valence electrons. The fraction of sp³-hybridized carbons (Fsp3) is 0.538. The maximum absolute atomic E-state index is 13.2. The monoisotopic (exact) mass is 223 g/mol. The van der Waals surface area contributed by atoms with Gasteiger partial charge in [0.2, 0.25) is 0 Å². The van der Waals surface area contributed by atoms with Crippen LogP contribution in [-0.2, 0) is 0 Å². The number of aromatic hydroxyl groups is 1. The summed E-state index contributed by atoms with van der Waals surface area (Å²) in [5.74, 6) is -0.317. The van der Waals surface area contributed by atoms with Crippen LogP contribution >= 0.6 is 0 Å². The second kappa shape index (κ2) is 4.83. The summed E-state index contributed by atoms with van der Waals surface area (Å²) >= 11 is 0. The Morgan fingerprint density at radius 2 is 2.06 bits per heavy atom. The molecule has 2 rings (SSSR count). The first-order valence-electron chi connectivity index (χ1n) is 5.91. The van der Waals surface area contributed by atoms with E-state index in [9.17, 15) is 4.39 Å². The van der Waals surface area contributed by atoms with Gasteiger partial charge in [-0.05, 0) is 56.1 Å². The first kappa shape index (κ1) is 11.4. The first-order valence-corrected chi connectivity index (χ1v) is 5.91. The molecule has 0 aliphatic carbocycles. The summed E-state index contributed by atoms with van der Waals surface area (Å²) in [6, 6.07) is 4.77. The van der Waals surface area contributed by atoms with E-state index in [-0.39, 0.29) is 5.75 Å². The highest BCUT2D eigenvalue weighted by Gasteiger charge is 2.20. The number of piperidine rings is 1. The fourth-order valence-corrected chi connectivity index (χ4v) is 2.36. The molecular formula is C13H18FNO. The smallest absolute Gasteiger partial charge is 0.165 e. The largest absolute Gasteiger partial charge is 0.505 e. The Hall–Kier alpha value is -1.09. The summed E-state index contributed by atoms with van der Waals surface area (Å²) in [5, 5.41) is 9.14. The molecule has 0 atom stereocenters. The number of phenolic OH excluding ortho intramolecular Hbond substituents is 1. The maximum Gasteiger partial charge on any atom is 0.165 e. The van der Waals surface area contributed by atoms with Gasteiger partial charge in [-0.1, -0.05) is 13.0 Å². The van der Waals surface area contributed by atoms with E-state index in [1.165, 1.54) is 12.1 Å². The molecule has 0 spiro atoms. The molecule has 0 saturated carbocycles. The van der Waals surface area contributed by atoms with Gasteiger partial charge in [-0.2, -0.15) is 0 Å². The van der Waals surface area contributed by atoms with Crippen molar-refractivity contribution >= 4 is 0 Å². The lowest BCUT2D eigenvalue weighted by Gasteiger charge is -2.31. The van der Waals surface area contributed by atoms with Gasteiger partial charge in [-0.3, -0.25) is 0 Å². The lowest BCUT2D eigenvalue weighted by Crippen LogP contribution is -2.32. The van der Waals surface area contributed by atoms with Crippen molar-refractivity contribution in [3.8, 4) is 5.75 Å². The van der Waals surface area contributed by atoms with E-state index in [2.05, 4.69) is 11.8 Å². The molecule has 1 aromatic rings. The average Bonchev–Trinajstić information content (AvgIpc) is 2.33.